The molecule has 0 aliphatic carbocycles. The molecule has 0 saturated heterocycles. The smallest absolute Gasteiger partial charge is 0.182 e. The Bertz CT molecular complexity index is 1260. The van der Waals surface area contributed by atoms with Gasteiger partial charge in [0.15, 0.2) is 9.84 Å². The third-order valence-electron chi connectivity index (χ3n) is 5.55. The van der Waals surface area contributed by atoms with Crippen LogP contribution < -0.4 is 4.90 Å². The van der Waals surface area contributed by atoms with Gasteiger partial charge in [0, 0.05) is 16.8 Å². The van der Waals surface area contributed by atoms with Gasteiger partial charge in [0.25, 0.3) is 0 Å². The molecule has 3 aromatic carbocycles. The highest BCUT2D eigenvalue weighted by Crippen LogP contribution is 2.52. The third kappa shape index (κ3) is 3.04. The van der Waals surface area contributed by atoms with Crippen LogP contribution in [0.3, 0.4) is 0 Å². The predicted octanol–water partition coefficient (Wildman–Crippen LogP) is 5.25. The first-order valence-corrected chi connectivity index (χ1v) is 11.3. The minimum absolute atomic E-state index is 0.113. The summed E-state index contributed by atoms with van der Waals surface area (Å²) >= 11 is 0. The average Bonchev–Trinajstić information content (AvgIpc) is 2.70. The predicted molar refractivity (Wildman–Crippen MR) is 119 cm³/mol. The molecule has 3 aromatic rings. The monoisotopic (exact) mass is 421 g/mol. The fourth-order valence-corrected chi connectivity index (χ4v) is 5.50. The lowest BCUT2D eigenvalue weighted by Crippen LogP contribution is -2.27. The topological polar surface area (TPSA) is 77.8 Å². The summed E-state index contributed by atoms with van der Waals surface area (Å²) in [7, 11) is -3.61. The molecule has 0 spiro atoms. The first-order valence-electron chi connectivity index (χ1n) is 9.64. The van der Waals surface area contributed by atoms with Gasteiger partial charge in [0.1, 0.15) is 11.5 Å². The molecule has 0 amide bonds. The quantitative estimate of drug-likeness (QED) is 0.563. The van der Waals surface area contributed by atoms with Gasteiger partial charge in [-0.15, -0.1) is 6.58 Å². The number of benzene rings is 3. The van der Waals surface area contributed by atoms with E-state index in [1.165, 1.54) is 6.08 Å². The largest absolute Gasteiger partial charge is 0.508 e. The van der Waals surface area contributed by atoms with Gasteiger partial charge in [-0.2, -0.15) is 0 Å². The van der Waals surface area contributed by atoms with E-state index in [0.717, 1.165) is 11.4 Å². The molecule has 4 rings (SSSR count). The van der Waals surface area contributed by atoms with Crippen LogP contribution in [0.15, 0.2) is 72.1 Å². The summed E-state index contributed by atoms with van der Waals surface area (Å²) in [5, 5.41) is 20.6. The summed E-state index contributed by atoms with van der Waals surface area (Å²) in [5.74, 6) is 0.127. The maximum atomic E-state index is 13.0. The first kappa shape index (κ1) is 20.0. The first-order chi connectivity index (χ1) is 14.3. The summed E-state index contributed by atoms with van der Waals surface area (Å²) in [5.41, 5.74) is 4.17. The van der Waals surface area contributed by atoms with Gasteiger partial charge in [0.05, 0.1) is 22.4 Å². The zero-order valence-corrected chi connectivity index (χ0v) is 17.6. The van der Waals surface area contributed by atoms with Crippen molar-refractivity contribution < 1.29 is 18.6 Å². The Morgan fingerprint density at radius 3 is 2.50 bits per heavy atom. The molecule has 6 heteroatoms. The van der Waals surface area contributed by atoms with E-state index in [-0.39, 0.29) is 28.2 Å². The highest BCUT2D eigenvalue weighted by atomic mass is 32.2. The minimum Gasteiger partial charge on any atom is -0.508 e. The summed E-state index contributed by atoms with van der Waals surface area (Å²) in [6.07, 6.45) is 1.38. The molecule has 30 heavy (non-hydrogen) atoms. The lowest BCUT2D eigenvalue weighted by atomic mass is 9.87. The number of hydrogen-bond donors (Lipinski definition) is 2. The van der Waals surface area contributed by atoms with Gasteiger partial charge < -0.3 is 15.1 Å². The van der Waals surface area contributed by atoms with Crippen LogP contribution in [-0.2, 0) is 9.84 Å². The van der Waals surface area contributed by atoms with Crippen LogP contribution >= 0.6 is 0 Å². The van der Waals surface area contributed by atoms with E-state index in [0.29, 0.717) is 22.3 Å². The maximum Gasteiger partial charge on any atom is 0.182 e. The number of hydrogen-bond acceptors (Lipinski definition) is 5. The van der Waals surface area contributed by atoms with Crippen molar-refractivity contribution in [1.82, 2.24) is 0 Å². The number of phenolic OH excluding ortho intramolecular Hbond substituents is 2. The second kappa shape index (κ2) is 7.22. The standard InChI is InChI=1S/C24H23NO4S/c1-4-13-30(28,29)22-10-6-8-19-24(22)18-7-5-9-21(27)23(18)16(3)25(19)17-11-12-20(26)15(2)14-17/h4-12,14,16,26-27H,1,13H2,2-3H3. The van der Waals surface area contributed by atoms with E-state index in [1.807, 2.05) is 36.9 Å². The number of aryl methyl sites for hydroxylation is 1. The molecule has 0 aromatic heterocycles. The lowest BCUT2D eigenvalue weighted by molar-refractivity contribution is 0.462. The number of sulfone groups is 1. The van der Waals surface area contributed by atoms with E-state index in [1.54, 1.807) is 36.4 Å². The van der Waals surface area contributed by atoms with Gasteiger partial charge in [-0.1, -0.05) is 24.3 Å². The molecule has 154 valence electrons. The fraction of sp³-hybridized carbons (Fsp3) is 0.167. The summed E-state index contributed by atoms with van der Waals surface area (Å²) in [6.45, 7) is 7.36. The van der Waals surface area contributed by atoms with E-state index in [9.17, 15) is 18.6 Å². The van der Waals surface area contributed by atoms with Gasteiger partial charge >= 0.3 is 0 Å². The molecule has 1 atom stereocenters. The van der Waals surface area contributed by atoms with Crippen molar-refractivity contribution in [3.63, 3.8) is 0 Å². The molecule has 0 saturated carbocycles. The van der Waals surface area contributed by atoms with Crippen molar-refractivity contribution in [2.45, 2.75) is 24.8 Å². The van der Waals surface area contributed by atoms with Crippen molar-refractivity contribution >= 4 is 21.2 Å². The van der Waals surface area contributed by atoms with Crippen LogP contribution in [-0.4, -0.2) is 24.4 Å². The van der Waals surface area contributed by atoms with Crippen LogP contribution in [0.25, 0.3) is 11.1 Å². The van der Waals surface area contributed by atoms with Crippen LogP contribution in [0, 0.1) is 6.92 Å². The second-order valence-electron chi connectivity index (χ2n) is 7.48. The Labute approximate surface area is 176 Å². The van der Waals surface area contributed by atoms with Crippen LogP contribution in [0.5, 0.6) is 11.5 Å². The number of anilines is 2. The minimum atomic E-state index is -3.61. The highest BCUT2D eigenvalue weighted by Gasteiger charge is 2.35. The molecule has 1 unspecified atom stereocenters. The highest BCUT2D eigenvalue weighted by molar-refractivity contribution is 7.91. The molecule has 0 bridgehead atoms. The van der Waals surface area contributed by atoms with Crippen LogP contribution in [0.4, 0.5) is 11.4 Å². The van der Waals surface area contributed by atoms with E-state index >= 15 is 0 Å². The van der Waals surface area contributed by atoms with Crippen molar-refractivity contribution in [3.05, 3.63) is 78.4 Å². The normalized spacial score (nSPS) is 15.4. The molecule has 5 nitrogen and oxygen atoms in total. The average molecular weight is 422 g/mol. The molecule has 2 N–H and O–H groups in total. The molecular weight excluding hydrogens is 398 g/mol. The van der Waals surface area contributed by atoms with E-state index in [4.69, 9.17) is 0 Å². The zero-order chi connectivity index (χ0) is 21.6. The SMILES string of the molecule is C=CCS(=O)(=O)c1cccc2c1-c1cccc(O)c1C(C)N2c1ccc(O)c(C)c1. The summed E-state index contributed by atoms with van der Waals surface area (Å²) < 4.78 is 26.1. The summed E-state index contributed by atoms with van der Waals surface area (Å²) in [6, 6.07) is 15.4. The Kier molecular flexibility index (Phi) is 4.82. The second-order valence-corrected chi connectivity index (χ2v) is 9.48. The van der Waals surface area contributed by atoms with E-state index < -0.39 is 9.84 Å². The number of phenols is 2. The van der Waals surface area contributed by atoms with Crippen molar-refractivity contribution in [2.75, 3.05) is 10.7 Å². The third-order valence-corrected chi connectivity index (χ3v) is 7.24. The van der Waals surface area contributed by atoms with Gasteiger partial charge in [-0.3, -0.25) is 0 Å². The van der Waals surface area contributed by atoms with Crippen molar-refractivity contribution in [3.8, 4) is 22.6 Å². The van der Waals surface area contributed by atoms with Crippen molar-refractivity contribution in [1.29, 1.82) is 0 Å². The van der Waals surface area contributed by atoms with Crippen LogP contribution in [0.2, 0.25) is 0 Å². The number of aromatic hydroxyl groups is 2. The Hall–Kier alpha value is -3.25. The van der Waals surface area contributed by atoms with Crippen LogP contribution in [0.1, 0.15) is 24.1 Å². The molecule has 1 heterocycles. The molecular formula is C24H23NO4S. The maximum absolute atomic E-state index is 13.0. The zero-order valence-electron chi connectivity index (χ0n) is 16.8. The Morgan fingerprint density at radius 2 is 1.80 bits per heavy atom. The molecule has 0 fully saturated rings. The molecule has 1 aliphatic rings. The van der Waals surface area contributed by atoms with Gasteiger partial charge in [-0.05, 0) is 61.4 Å². The summed E-state index contributed by atoms with van der Waals surface area (Å²) in [4.78, 5) is 2.20. The lowest BCUT2D eigenvalue weighted by Gasteiger charge is -2.39. The van der Waals surface area contributed by atoms with Crippen molar-refractivity contribution in [2.24, 2.45) is 0 Å². The Morgan fingerprint density at radius 1 is 1.07 bits per heavy atom. The fourth-order valence-electron chi connectivity index (χ4n) is 4.20. The number of nitrogens with zero attached hydrogens (tertiary/aromatic N) is 1. The number of fused-ring (bicyclic) bond motifs is 3. The van der Waals surface area contributed by atoms with E-state index in [2.05, 4.69) is 6.58 Å². The molecule has 1 aliphatic heterocycles. The number of rotatable bonds is 4. The van der Waals surface area contributed by atoms with Gasteiger partial charge in [-0.25, -0.2) is 8.42 Å². The Balaban J connectivity index is 2.08. The molecule has 0 radical (unpaired) electrons. The van der Waals surface area contributed by atoms with Gasteiger partial charge in [0.2, 0.25) is 0 Å².